The molecule has 0 radical (unpaired) electrons. The van der Waals surface area contributed by atoms with E-state index in [-0.39, 0.29) is 12.3 Å². The second-order valence-electron chi connectivity index (χ2n) is 9.08. The first kappa shape index (κ1) is 22.8. The van der Waals surface area contributed by atoms with Crippen LogP contribution in [0.5, 0.6) is 11.5 Å². The van der Waals surface area contributed by atoms with Crippen molar-refractivity contribution in [1.29, 1.82) is 0 Å². The van der Waals surface area contributed by atoms with Crippen LogP contribution >= 0.6 is 0 Å². The number of ether oxygens (including phenoxy) is 1. The fourth-order valence-electron chi connectivity index (χ4n) is 4.98. The van der Waals surface area contributed by atoms with Gasteiger partial charge in [0, 0.05) is 13.1 Å². The molecule has 0 bridgehead atoms. The summed E-state index contributed by atoms with van der Waals surface area (Å²) in [5.41, 5.74) is 0.919. The van der Waals surface area contributed by atoms with Crippen molar-refractivity contribution in [2.75, 3.05) is 6.54 Å². The van der Waals surface area contributed by atoms with E-state index in [0.717, 1.165) is 37.0 Å². The van der Waals surface area contributed by atoms with Crippen LogP contribution in [0.2, 0.25) is 0 Å². The van der Waals surface area contributed by atoms with Crippen LogP contribution in [0.3, 0.4) is 0 Å². The van der Waals surface area contributed by atoms with E-state index in [9.17, 15) is 24.6 Å². The van der Waals surface area contributed by atoms with Gasteiger partial charge in [-0.1, -0.05) is 43.2 Å². The van der Waals surface area contributed by atoms with Crippen LogP contribution in [0.15, 0.2) is 54.6 Å². The first-order chi connectivity index (χ1) is 15.9. The van der Waals surface area contributed by atoms with Gasteiger partial charge in [0.15, 0.2) is 0 Å². The number of benzene rings is 2. The Balaban J connectivity index is 1.47. The molecule has 174 valence electrons. The minimum Gasteiger partial charge on any atom is -0.481 e. The summed E-state index contributed by atoms with van der Waals surface area (Å²) < 4.78 is 5.83. The second kappa shape index (κ2) is 10.1. The normalized spacial score (nSPS) is 22.4. The van der Waals surface area contributed by atoms with Gasteiger partial charge in [-0.3, -0.25) is 14.4 Å². The van der Waals surface area contributed by atoms with Gasteiger partial charge in [0.2, 0.25) is 5.91 Å². The maximum atomic E-state index is 13.4. The van der Waals surface area contributed by atoms with Gasteiger partial charge in [-0.25, -0.2) is 0 Å². The number of para-hydroxylation sites is 1. The molecule has 2 aliphatic rings. The van der Waals surface area contributed by atoms with Crippen LogP contribution in [0, 0.1) is 23.7 Å². The first-order valence-electron chi connectivity index (χ1n) is 11.5. The summed E-state index contributed by atoms with van der Waals surface area (Å²) in [6, 6.07) is 17.0. The van der Waals surface area contributed by atoms with E-state index in [1.165, 1.54) is 0 Å². The van der Waals surface area contributed by atoms with Crippen LogP contribution in [-0.2, 0) is 20.9 Å². The third kappa shape index (κ3) is 5.35. The van der Waals surface area contributed by atoms with Crippen LogP contribution in [0.4, 0.5) is 0 Å². The Morgan fingerprint density at radius 3 is 2.09 bits per heavy atom. The van der Waals surface area contributed by atoms with Crippen LogP contribution in [0.25, 0.3) is 0 Å². The summed E-state index contributed by atoms with van der Waals surface area (Å²) in [6.07, 6.45) is 4.47. The van der Waals surface area contributed by atoms with Gasteiger partial charge in [0.1, 0.15) is 11.5 Å². The molecule has 2 saturated carbocycles. The molecule has 0 aliphatic heterocycles. The molecule has 2 aliphatic carbocycles. The zero-order chi connectivity index (χ0) is 23.4. The van der Waals surface area contributed by atoms with Crippen LogP contribution in [-0.4, -0.2) is 39.5 Å². The number of hydrogen-bond donors (Lipinski definition) is 2. The number of carboxylic acid groups (broad SMARTS) is 2. The highest BCUT2D eigenvalue weighted by Gasteiger charge is 2.54. The van der Waals surface area contributed by atoms with Gasteiger partial charge < -0.3 is 19.8 Å². The Bertz CT molecular complexity index is 984. The molecule has 2 fully saturated rings. The van der Waals surface area contributed by atoms with Crippen molar-refractivity contribution in [2.24, 2.45) is 23.7 Å². The summed E-state index contributed by atoms with van der Waals surface area (Å²) in [5.74, 6) is -3.75. The summed E-state index contributed by atoms with van der Waals surface area (Å²) in [5, 5.41) is 18.8. The molecule has 3 unspecified atom stereocenters. The molecule has 2 aromatic carbocycles. The van der Waals surface area contributed by atoms with Crippen molar-refractivity contribution in [3.63, 3.8) is 0 Å². The largest absolute Gasteiger partial charge is 0.481 e. The number of carboxylic acids is 2. The Labute approximate surface area is 193 Å². The van der Waals surface area contributed by atoms with Crippen molar-refractivity contribution < 1.29 is 29.3 Å². The predicted molar refractivity (Wildman–Crippen MR) is 121 cm³/mol. The van der Waals surface area contributed by atoms with E-state index in [4.69, 9.17) is 4.74 Å². The molecule has 0 heterocycles. The molecule has 7 nitrogen and oxygen atoms in total. The average Bonchev–Trinajstić information content (AvgIpc) is 3.27. The van der Waals surface area contributed by atoms with Crippen molar-refractivity contribution in [1.82, 2.24) is 4.90 Å². The molecule has 3 atom stereocenters. The number of carbonyl (C=O) groups excluding carboxylic acids is 1. The first-order valence-corrected chi connectivity index (χ1v) is 11.5. The lowest BCUT2D eigenvalue weighted by molar-refractivity contribution is -0.172. The summed E-state index contributed by atoms with van der Waals surface area (Å²) in [4.78, 5) is 38.1. The molecular weight excluding hydrogens is 422 g/mol. The Hall–Kier alpha value is -3.35. The van der Waals surface area contributed by atoms with Gasteiger partial charge in [-0.15, -0.1) is 0 Å². The molecular formula is C26H29NO6. The van der Waals surface area contributed by atoms with E-state index < -0.39 is 29.7 Å². The van der Waals surface area contributed by atoms with Gasteiger partial charge in [-0.05, 0) is 55.0 Å². The molecule has 0 spiro atoms. The topological polar surface area (TPSA) is 104 Å². The van der Waals surface area contributed by atoms with Crippen LogP contribution < -0.4 is 4.74 Å². The lowest BCUT2D eigenvalue weighted by atomic mass is 9.64. The minimum atomic E-state index is -1.21. The smallest absolute Gasteiger partial charge is 0.308 e. The van der Waals surface area contributed by atoms with Gasteiger partial charge >= 0.3 is 11.9 Å². The SMILES string of the molecule is O=C(O)C1CC(C(=O)N(Cc2ccc(Oc3ccccc3)cc2)CC2CCCC2)C1C(=O)O. The van der Waals surface area contributed by atoms with Crippen molar-refractivity contribution in [2.45, 2.75) is 38.6 Å². The standard InChI is InChI=1S/C26H29NO6/c28-24(21-14-22(25(29)30)23(21)26(31)32)27(15-17-6-4-5-7-17)16-18-10-12-20(13-11-18)33-19-8-2-1-3-9-19/h1-3,8-13,17,21-23H,4-7,14-16H2,(H,29,30)(H,31,32). The number of aliphatic carboxylic acids is 2. The van der Waals surface area contributed by atoms with E-state index in [1.807, 2.05) is 54.6 Å². The van der Waals surface area contributed by atoms with Gasteiger partial charge in [-0.2, -0.15) is 0 Å². The number of nitrogens with zero attached hydrogens (tertiary/aromatic N) is 1. The van der Waals surface area contributed by atoms with Crippen molar-refractivity contribution in [3.05, 3.63) is 60.2 Å². The highest BCUT2D eigenvalue weighted by Crippen LogP contribution is 2.42. The molecule has 0 saturated heterocycles. The lowest BCUT2D eigenvalue weighted by Gasteiger charge is -2.41. The molecule has 0 aromatic heterocycles. The van der Waals surface area contributed by atoms with E-state index >= 15 is 0 Å². The predicted octanol–water partition coefficient (Wildman–Crippen LogP) is 4.42. The summed E-state index contributed by atoms with van der Waals surface area (Å²) >= 11 is 0. The fourth-order valence-corrected chi connectivity index (χ4v) is 4.98. The Morgan fingerprint density at radius 1 is 0.848 bits per heavy atom. The monoisotopic (exact) mass is 451 g/mol. The highest BCUT2D eigenvalue weighted by atomic mass is 16.5. The number of rotatable bonds is 9. The number of amides is 1. The second-order valence-corrected chi connectivity index (χ2v) is 9.08. The highest BCUT2D eigenvalue weighted by molar-refractivity contribution is 5.91. The summed E-state index contributed by atoms with van der Waals surface area (Å²) in [7, 11) is 0. The third-order valence-electron chi connectivity index (χ3n) is 6.84. The minimum absolute atomic E-state index is 0.0795. The van der Waals surface area contributed by atoms with E-state index in [0.29, 0.717) is 24.8 Å². The maximum Gasteiger partial charge on any atom is 0.308 e. The number of carbonyl (C=O) groups is 3. The fraction of sp³-hybridized carbons (Fsp3) is 0.423. The molecule has 4 rings (SSSR count). The van der Waals surface area contributed by atoms with Crippen molar-refractivity contribution in [3.8, 4) is 11.5 Å². The maximum absolute atomic E-state index is 13.4. The third-order valence-corrected chi connectivity index (χ3v) is 6.84. The van der Waals surface area contributed by atoms with Gasteiger partial charge in [0.25, 0.3) is 0 Å². The molecule has 7 heteroatoms. The molecule has 33 heavy (non-hydrogen) atoms. The van der Waals surface area contributed by atoms with E-state index in [2.05, 4.69) is 0 Å². The lowest BCUT2D eigenvalue weighted by Crippen LogP contribution is -2.53. The quantitative estimate of drug-likeness (QED) is 0.585. The zero-order valence-corrected chi connectivity index (χ0v) is 18.4. The Kier molecular flexibility index (Phi) is 6.96. The van der Waals surface area contributed by atoms with Crippen molar-refractivity contribution >= 4 is 17.8 Å². The Morgan fingerprint density at radius 2 is 1.48 bits per heavy atom. The van der Waals surface area contributed by atoms with Gasteiger partial charge in [0.05, 0.1) is 17.8 Å². The summed E-state index contributed by atoms with van der Waals surface area (Å²) in [6.45, 7) is 0.934. The molecule has 2 aromatic rings. The molecule has 2 N–H and O–H groups in total. The van der Waals surface area contributed by atoms with Crippen LogP contribution in [0.1, 0.15) is 37.7 Å². The molecule has 1 amide bonds. The average molecular weight is 452 g/mol. The number of hydrogen-bond acceptors (Lipinski definition) is 4. The van der Waals surface area contributed by atoms with E-state index in [1.54, 1.807) is 4.90 Å². The zero-order valence-electron chi connectivity index (χ0n) is 18.4.